The zero-order chi connectivity index (χ0) is 16.7. The maximum Gasteiger partial charge on any atom is 0.159 e. The maximum atomic E-state index is 11.8. The lowest BCUT2D eigenvalue weighted by atomic mass is 9.97. The molecule has 0 saturated carbocycles. The van der Waals surface area contributed by atoms with Crippen molar-refractivity contribution in [2.75, 3.05) is 6.54 Å². The van der Waals surface area contributed by atoms with Crippen molar-refractivity contribution >= 4 is 13.9 Å². The van der Waals surface area contributed by atoms with Crippen LogP contribution in [0.5, 0.6) is 0 Å². The second kappa shape index (κ2) is 8.17. The number of hydrogen-bond acceptors (Lipinski definition) is 2. The van der Waals surface area contributed by atoms with Crippen LogP contribution in [0.1, 0.15) is 30.9 Å². The molecule has 1 aliphatic heterocycles. The predicted molar refractivity (Wildman–Crippen MR) is 99.8 cm³/mol. The Morgan fingerprint density at radius 2 is 1.91 bits per heavy atom. The number of carbonyl (C=O) groups is 1. The first-order chi connectivity index (χ1) is 11.0. The van der Waals surface area contributed by atoms with E-state index in [2.05, 4.69) is 48.5 Å². The lowest BCUT2D eigenvalue weighted by Gasteiger charge is -2.33. The zero-order valence-corrected chi connectivity index (χ0v) is 15.5. The van der Waals surface area contributed by atoms with E-state index in [4.69, 9.17) is 0 Å². The van der Waals surface area contributed by atoms with Crippen molar-refractivity contribution in [3.8, 4) is 11.8 Å². The summed E-state index contributed by atoms with van der Waals surface area (Å²) in [6, 6.07) is 11.6. The lowest BCUT2D eigenvalue weighted by Crippen LogP contribution is -2.29. The summed E-state index contributed by atoms with van der Waals surface area (Å²) >= 11 is 0. The van der Waals surface area contributed by atoms with Crippen LogP contribution in [-0.4, -0.2) is 25.3 Å². The smallest absolute Gasteiger partial charge is 0.159 e. The molecule has 0 aromatic heterocycles. The summed E-state index contributed by atoms with van der Waals surface area (Å²) in [5.41, 5.74) is 1.22. The highest BCUT2D eigenvalue weighted by atomic mass is 28.3. The van der Waals surface area contributed by atoms with Gasteiger partial charge in [-0.25, -0.2) is 0 Å². The molecule has 1 atom stereocenters. The molecule has 0 saturated heterocycles. The van der Waals surface area contributed by atoms with E-state index >= 15 is 0 Å². The van der Waals surface area contributed by atoms with Gasteiger partial charge >= 0.3 is 0 Å². The fourth-order valence-electron chi connectivity index (χ4n) is 2.64. The van der Waals surface area contributed by atoms with Crippen LogP contribution in [0.2, 0.25) is 25.7 Å². The van der Waals surface area contributed by atoms with Crippen molar-refractivity contribution in [3.05, 3.63) is 48.2 Å². The van der Waals surface area contributed by atoms with E-state index in [1.54, 1.807) is 6.08 Å². The van der Waals surface area contributed by atoms with Gasteiger partial charge < -0.3 is 4.90 Å². The van der Waals surface area contributed by atoms with Crippen LogP contribution in [0.4, 0.5) is 0 Å². The minimum atomic E-state index is -1.05. The number of rotatable bonds is 5. The number of unbranched alkanes of at least 4 members (excludes halogenated alkanes) is 1. The monoisotopic (exact) mass is 325 g/mol. The summed E-state index contributed by atoms with van der Waals surface area (Å²) in [7, 11) is -1.05. The van der Waals surface area contributed by atoms with Gasteiger partial charge in [-0.05, 0) is 18.1 Å². The lowest BCUT2D eigenvalue weighted by molar-refractivity contribution is -0.116. The normalized spacial score (nSPS) is 17.8. The average Bonchev–Trinajstić information content (AvgIpc) is 2.51. The number of carbonyl (C=O) groups excluding carboxylic acids is 1. The maximum absolute atomic E-state index is 11.8. The quantitative estimate of drug-likeness (QED) is 0.446. The van der Waals surface area contributed by atoms with E-state index in [1.165, 1.54) is 5.56 Å². The molecular formula is C20H27NOSi. The largest absolute Gasteiger partial charge is 0.370 e. The molecular weight excluding hydrogens is 298 g/mol. The van der Waals surface area contributed by atoms with Gasteiger partial charge in [0.2, 0.25) is 0 Å². The van der Waals surface area contributed by atoms with Crippen LogP contribution in [0.15, 0.2) is 42.6 Å². The van der Waals surface area contributed by atoms with Crippen LogP contribution in [0.3, 0.4) is 0 Å². The number of benzene rings is 1. The number of nitrogens with zero attached hydrogens (tertiary/aromatic N) is 1. The fourth-order valence-corrected chi connectivity index (χ4v) is 3.29. The Morgan fingerprint density at radius 1 is 1.17 bits per heavy atom. The first-order valence-electron chi connectivity index (χ1n) is 8.43. The highest BCUT2D eigenvalue weighted by Gasteiger charge is 2.23. The Morgan fingerprint density at radius 3 is 2.61 bits per heavy atom. The molecule has 1 aromatic carbocycles. The summed E-state index contributed by atoms with van der Waals surface area (Å²) < 4.78 is 0. The summed E-state index contributed by atoms with van der Waals surface area (Å²) in [6.07, 6.45) is 6.21. The fraction of sp³-hybridized carbons (Fsp3) is 0.450. The number of allylic oxidation sites excluding steroid dienone is 1. The average molecular weight is 326 g/mol. The highest BCUT2D eigenvalue weighted by molar-refractivity contribution is 6.76. The Labute approximate surface area is 141 Å². The molecule has 2 nitrogen and oxygen atoms in total. The predicted octanol–water partition coefficient (Wildman–Crippen LogP) is 4.64. The van der Waals surface area contributed by atoms with E-state index < -0.39 is 8.07 Å². The SMILES string of the molecule is C[Si](C)(C)CC#CCCCN1C=CC(=O)CC1c1ccccc1. The van der Waals surface area contributed by atoms with Crippen molar-refractivity contribution < 1.29 is 4.79 Å². The minimum absolute atomic E-state index is 0.170. The first kappa shape index (κ1) is 17.6. The molecule has 3 heteroatoms. The summed E-state index contributed by atoms with van der Waals surface area (Å²) in [5.74, 6) is 6.86. The van der Waals surface area contributed by atoms with Gasteiger partial charge in [0.15, 0.2) is 5.78 Å². The molecule has 0 N–H and O–H groups in total. The van der Waals surface area contributed by atoms with E-state index in [1.807, 2.05) is 24.4 Å². The standard InChI is InChI=1S/C20H27NOSi/c1-23(2,3)16-10-5-4-9-14-21-15-13-19(22)17-20(21)18-11-7-6-8-12-18/h6-8,11-13,15,20H,4,9,14,16-17H2,1-3H3. The third-order valence-corrected chi connectivity index (χ3v) is 5.13. The van der Waals surface area contributed by atoms with Gasteiger partial charge in [-0.2, -0.15) is 0 Å². The second-order valence-electron chi connectivity index (χ2n) is 7.35. The van der Waals surface area contributed by atoms with Crippen LogP contribution in [-0.2, 0) is 4.79 Å². The minimum Gasteiger partial charge on any atom is -0.370 e. The van der Waals surface area contributed by atoms with E-state index in [-0.39, 0.29) is 11.8 Å². The van der Waals surface area contributed by atoms with Crippen LogP contribution >= 0.6 is 0 Å². The Hall–Kier alpha value is -1.79. The Kier molecular flexibility index (Phi) is 6.24. The number of ketones is 1. The molecule has 2 rings (SSSR count). The van der Waals surface area contributed by atoms with Gasteiger partial charge in [-0.1, -0.05) is 50.0 Å². The zero-order valence-electron chi connectivity index (χ0n) is 14.5. The molecule has 0 aliphatic carbocycles. The van der Waals surface area contributed by atoms with Crippen molar-refractivity contribution in [2.24, 2.45) is 0 Å². The molecule has 122 valence electrons. The first-order valence-corrected chi connectivity index (χ1v) is 12.1. The van der Waals surface area contributed by atoms with E-state index in [0.717, 1.165) is 25.4 Å². The van der Waals surface area contributed by atoms with Crippen molar-refractivity contribution in [2.45, 2.75) is 51.0 Å². The van der Waals surface area contributed by atoms with E-state index in [9.17, 15) is 4.79 Å². The van der Waals surface area contributed by atoms with Crippen LogP contribution in [0.25, 0.3) is 0 Å². The molecule has 0 radical (unpaired) electrons. The molecule has 0 spiro atoms. The van der Waals surface area contributed by atoms with Gasteiger partial charge in [0.1, 0.15) is 0 Å². The summed E-state index contributed by atoms with van der Waals surface area (Å²) in [5, 5.41) is 0. The third kappa shape index (κ3) is 6.07. The molecule has 0 fully saturated rings. The number of hydrogen-bond donors (Lipinski definition) is 0. The summed E-state index contributed by atoms with van der Waals surface area (Å²) in [4.78, 5) is 14.1. The van der Waals surface area contributed by atoms with Gasteiger partial charge in [-0.3, -0.25) is 4.79 Å². The van der Waals surface area contributed by atoms with E-state index in [0.29, 0.717) is 6.42 Å². The van der Waals surface area contributed by atoms with Crippen molar-refractivity contribution in [1.82, 2.24) is 4.90 Å². The molecule has 1 aromatic rings. The molecule has 0 bridgehead atoms. The van der Waals surface area contributed by atoms with Gasteiger partial charge in [0, 0.05) is 31.6 Å². The topological polar surface area (TPSA) is 20.3 Å². The molecule has 1 unspecified atom stereocenters. The molecule has 23 heavy (non-hydrogen) atoms. The van der Waals surface area contributed by atoms with Crippen LogP contribution < -0.4 is 0 Å². The second-order valence-corrected chi connectivity index (χ2v) is 12.8. The molecule has 1 aliphatic rings. The Balaban J connectivity index is 1.89. The third-order valence-electron chi connectivity index (χ3n) is 3.89. The van der Waals surface area contributed by atoms with Gasteiger partial charge in [-0.15, -0.1) is 11.8 Å². The summed E-state index contributed by atoms with van der Waals surface area (Å²) in [6.45, 7) is 8.00. The molecule has 0 amide bonds. The van der Waals surface area contributed by atoms with Crippen molar-refractivity contribution in [3.63, 3.8) is 0 Å². The molecule has 1 heterocycles. The van der Waals surface area contributed by atoms with Crippen LogP contribution in [0, 0.1) is 11.8 Å². The van der Waals surface area contributed by atoms with Gasteiger partial charge in [0.25, 0.3) is 0 Å². The van der Waals surface area contributed by atoms with Gasteiger partial charge in [0.05, 0.1) is 14.1 Å². The van der Waals surface area contributed by atoms with Crippen molar-refractivity contribution in [1.29, 1.82) is 0 Å². The Bertz CT molecular complexity index is 604. The highest BCUT2D eigenvalue weighted by Crippen LogP contribution is 2.28.